The minimum atomic E-state index is -4.64. The van der Waals surface area contributed by atoms with Gasteiger partial charge in [-0.3, -0.25) is 4.57 Å². The van der Waals surface area contributed by atoms with Gasteiger partial charge in [-0.25, -0.2) is 4.98 Å². The quantitative estimate of drug-likeness (QED) is 0.451. The first kappa shape index (κ1) is 19.3. The molecule has 138 valence electrons. The van der Waals surface area contributed by atoms with Crippen LogP contribution in [-0.2, 0) is 15.3 Å². The molecule has 1 aromatic heterocycles. The van der Waals surface area contributed by atoms with Gasteiger partial charge in [-0.1, -0.05) is 0 Å². The first-order valence-electron chi connectivity index (χ1n) is 7.30. The Kier molecular flexibility index (Phi) is 5.46. The Morgan fingerprint density at radius 2 is 2.16 bits per heavy atom. The highest BCUT2D eigenvalue weighted by molar-refractivity contribution is 7.53. The number of aromatic nitrogens is 2. The van der Waals surface area contributed by atoms with E-state index < -0.39 is 25.1 Å². The van der Waals surface area contributed by atoms with Gasteiger partial charge in [-0.05, 0) is 26.0 Å². The van der Waals surface area contributed by atoms with E-state index in [1.54, 1.807) is 6.92 Å². The average molecular weight is 378 g/mol. The molecule has 0 bridgehead atoms. The number of nitrogens with two attached hydrogens (primary N) is 1. The molecule has 0 saturated carbocycles. The lowest BCUT2D eigenvalue weighted by Gasteiger charge is -2.23. The minimum Gasteiger partial charge on any atom is -0.397 e. The van der Waals surface area contributed by atoms with Gasteiger partial charge in [-0.15, -0.1) is 0 Å². The number of anilines is 2. The van der Waals surface area contributed by atoms with Crippen molar-refractivity contribution in [2.75, 3.05) is 17.7 Å². The van der Waals surface area contributed by atoms with Crippen molar-refractivity contribution in [1.29, 1.82) is 0 Å². The average Bonchev–Trinajstić information content (AvgIpc) is 3.01. The number of nitrogens with zero attached hydrogens (tertiary/aromatic N) is 1. The maximum atomic E-state index is 13.3. The summed E-state index contributed by atoms with van der Waals surface area (Å²) in [5, 5.41) is 2.64. The smallest absolute Gasteiger partial charge is 0.397 e. The van der Waals surface area contributed by atoms with Crippen molar-refractivity contribution in [3.8, 4) is 11.4 Å². The molecule has 5 N–H and O–H groups in total. The van der Waals surface area contributed by atoms with Gasteiger partial charge in [-0.2, -0.15) is 13.2 Å². The van der Waals surface area contributed by atoms with E-state index in [0.717, 1.165) is 12.1 Å². The minimum absolute atomic E-state index is 0.0000161. The molecule has 11 heteroatoms. The molecular weight excluding hydrogens is 360 g/mol. The van der Waals surface area contributed by atoms with E-state index in [0.29, 0.717) is 0 Å². The van der Waals surface area contributed by atoms with E-state index in [4.69, 9.17) is 10.3 Å². The van der Waals surface area contributed by atoms with Crippen molar-refractivity contribution in [2.24, 2.45) is 0 Å². The largest absolute Gasteiger partial charge is 0.417 e. The fourth-order valence-electron chi connectivity index (χ4n) is 2.19. The van der Waals surface area contributed by atoms with Crippen LogP contribution in [0.4, 0.5) is 24.5 Å². The molecule has 25 heavy (non-hydrogen) atoms. The fourth-order valence-corrected chi connectivity index (χ4v) is 3.08. The summed E-state index contributed by atoms with van der Waals surface area (Å²) in [5.41, 5.74) is 4.36. The normalized spacial score (nSPS) is 15.6. The van der Waals surface area contributed by atoms with Crippen LogP contribution in [-0.4, -0.2) is 27.3 Å². The molecule has 2 rings (SSSR count). The van der Waals surface area contributed by atoms with Crippen molar-refractivity contribution in [3.63, 3.8) is 0 Å². The van der Waals surface area contributed by atoms with Gasteiger partial charge in [0.1, 0.15) is 11.6 Å². The third-order valence-electron chi connectivity index (χ3n) is 3.42. The van der Waals surface area contributed by atoms with E-state index in [1.165, 1.54) is 19.3 Å². The van der Waals surface area contributed by atoms with Gasteiger partial charge in [0, 0.05) is 18.0 Å². The lowest BCUT2D eigenvalue weighted by Crippen LogP contribution is -2.19. The molecule has 0 aliphatic rings. The Bertz CT molecular complexity index is 780. The first-order valence-corrected chi connectivity index (χ1v) is 8.95. The Labute approximate surface area is 141 Å². The maximum Gasteiger partial charge on any atom is 0.417 e. The van der Waals surface area contributed by atoms with E-state index >= 15 is 0 Å². The van der Waals surface area contributed by atoms with Crippen LogP contribution >= 0.6 is 7.60 Å². The number of benzene rings is 1. The number of hydrogen-bond donors (Lipinski definition) is 4. The van der Waals surface area contributed by atoms with Gasteiger partial charge in [0.05, 0.1) is 23.5 Å². The Morgan fingerprint density at radius 3 is 2.68 bits per heavy atom. The van der Waals surface area contributed by atoms with Crippen molar-refractivity contribution < 1.29 is 27.2 Å². The lowest BCUT2D eigenvalue weighted by atomic mass is 10.0. The van der Waals surface area contributed by atoms with Crippen LogP contribution < -0.4 is 11.1 Å². The van der Waals surface area contributed by atoms with Gasteiger partial charge >= 0.3 is 13.8 Å². The van der Waals surface area contributed by atoms with Gasteiger partial charge < -0.3 is 25.5 Å². The van der Waals surface area contributed by atoms with E-state index in [1.807, 2.05) is 0 Å². The number of nitrogen functional groups attached to an aromatic ring is 1. The molecule has 2 atom stereocenters. The predicted molar refractivity (Wildman–Crippen MR) is 88.0 cm³/mol. The van der Waals surface area contributed by atoms with Crippen LogP contribution in [0.1, 0.15) is 19.4 Å². The topological polar surface area (TPSA) is 113 Å². The Hall–Kier alpha value is -2.03. The van der Waals surface area contributed by atoms with Crippen LogP contribution in [0.2, 0.25) is 0 Å². The van der Waals surface area contributed by atoms with Crippen LogP contribution in [0, 0.1) is 0 Å². The van der Waals surface area contributed by atoms with Crippen molar-refractivity contribution >= 4 is 19.0 Å². The standard InChI is InChI=1S/C14H18F3N4O3P/c1-3-24-25(22,23)8(2)21-12-6-9(13-19-4-5-20-13)10(7-11(12)18)14(15,16)17/h4-8,21H,3,18H2,1-2H3,(H,19,20)(H,22,23). The van der Waals surface area contributed by atoms with E-state index in [2.05, 4.69) is 15.3 Å². The summed E-state index contributed by atoms with van der Waals surface area (Å²) in [6.45, 7) is 2.94. The molecule has 0 fully saturated rings. The number of alkyl halides is 3. The molecule has 1 aromatic carbocycles. The predicted octanol–water partition coefficient (Wildman–Crippen LogP) is 3.66. The summed E-state index contributed by atoms with van der Waals surface area (Å²) in [6.07, 6.45) is -1.94. The van der Waals surface area contributed by atoms with Crippen LogP contribution in [0.3, 0.4) is 0 Å². The van der Waals surface area contributed by atoms with Crippen molar-refractivity contribution in [2.45, 2.75) is 25.8 Å². The third kappa shape index (κ3) is 4.33. The second-order valence-electron chi connectivity index (χ2n) is 5.22. The van der Waals surface area contributed by atoms with Crippen molar-refractivity contribution in [3.05, 3.63) is 30.1 Å². The zero-order chi connectivity index (χ0) is 18.8. The molecule has 0 saturated heterocycles. The number of imidazole rings is 1. The maximum absolute atomic E-state index is 13.3. The van der Waals surface area contributed by atoms with Crippen molar-refractivity contribution in [1.82, 2.24) is 9.97 Å². The molecule has 0 aliphatic heterocycles. The summed E-state index contributed by atoms with van der Waals surface area (Å²) in [5.74, 6) is -1.07. The Morgan fingerprint density at radius 1 is 1.48 bits per heavy atom. The number of nitrogens with one attached hydrogen (secondary N) is 2. The molecule has 2 aromatic rings. The molecule has 2 unspecified atom stereocenters. The second kappa shape index (κ2) is 7.07. The van der Waals surface area contributed by atoms with Gasteiger partial charge in [0.15, 0.2) is 0 Å². The molecule has 0 amide bonds. The SMILES string of the molecule is CCOP(=O)(O)C(C)Nc1cc(-c2ncc[nH]2)c(C(F)(F)F)cc1N. The zero-order valence-corrected chi connectivity index (χ0v) is 14.4. The molecule has 0 radical (unpaired) electrons. The lowest BCUT2D eigenvalue weighted by molar-refractivity contribution is -0.137. The summed E-state index contributed by atoms with van der Waals surface area (Å²) in [4.78, 5) is 16.2. The highest BCUT2D eigenvalue weighted by Crippen LogP contribution is 2.48. The van der Waals surface area contributed by atoms with Gasteiger partial charge in [0.2, 0.25) is 0 Å². The summed E-state index contributed by atoms with van der Waals surface area (Å²) in [7, 11) is -4.00. The highest BCUT2D eigenvalue weighted by atomic mass is 31.2. The van der Waals surface area contributed by atoms with E-state index in [-0.39, 0.29) is 29.4 Å². The summed E-state index contributed by atoms with van der Waals surface area (Å²) in [6, 6.07) is 1.90. The summed E-state index contributed by atoms with van der Waals surface area (Å²) >= 11 is 0. The second-order valence-corrected chi connectivity index (χ2v) is 7.38. The molecular formula is C14H18F3N4O3P. The number of rotatable bonds is 6. The third-order valence-corrected chi connectivity index (χ3v) is 5.15. The monoisotopic (exact) mass is 378 g/mol. The number of hydrogen-bond acceptors (Lipinski definition) is 5. The van der Waals surface area contributed by atoms with Gasteiger partial charge in [0.25, 0.3) is 0 Å². The highest BCUT2D eigenvalue weighted by Gasteiger charge is 2.36. The van der Waals surface area contributed by atoms with Crippen LogP contribution in [0.15, 0.2) is 24.5 Å². The number of halogens is 3. The summed E-state index contributed by atoms with van der Waals surface area (Å²) < 4.78 is 56.6. The molecule has 0 aliphatic carbocycles. The fraction of sp³-hybridized carbons (Fsp3) is 0.357. The number of H-pyrrole nitrogens is 1. The first-order chi connectivity index (χ1) is 11.6. The zero-order valence-electron chi connectivity index (χ0n) is 13.5. The van der Waals surface area contributed by atoms with Crippen LogP contribution in [0.25, 0.3) is 11.4 Å². The molecule has 7 nitrogen and oxygen atoms in total. The number of aromatic amines is 1. The van der Waals surface area contributed by atoms with E-state index in [9.17, 15) is 22.6 Å². The molecule has 0 spiro atoms. The van der Waals surface area contributed by atoms with Crippen LogP contribution in [0.5, 0.6) is 0 Å². The molecule has 1 heterocycles. The Balaban J connectivity index is 2.47.